The number of hydrogen-bond donors (Lipinski definition) is 2. The van der Waals surface area contributed by atoms with Crippen LogP contribution in [0.5, 0.6) is 0 Å². The summed E-state index contributed by atoms with van der Waals surface area (Å²) in [6.07, 6.45) is -4.69. The lowest BCUT2D eigenvalue weighted by Crippen LogP contribution is -2.35. The van der Waals surface area contributed by atoms with E-state index in [9.17, 15) is 20.0 Å². The zero-order valence-corrected chi connectivity index (χ0v) is 16.2. The van der Waals surface area contributed by atoms with Crippen LogP contribution in [0.25, 0.3) is 11.2 Å². The van der Waals surface area contributed by atoms with Gasteiger partial charge in [0, 0.05) is 12.1 Å². The van der Waals surface area contributed by atoms with E-state index in [1.54, 1.807) is 0 Å². The number of nitrogens with two attached hydrogens (primary N) is 1. The van der Waals surface area contributed by atoms with E-state index in [4.69, 9.17) is 26.8 Å². The second-order valence-electron chi connectivity index (χ2n) is 6.57. The molecule has 0 amide bonds. The van der Waals surface area contributed by atoms with Crippen LogP contribution in [0.4, 0.5) is 15.9 Å². The molecule has 2 aromatic heterocycles. The molecule has 0 bridgehead atoms. The fourth-order valence-electron chi connectivity index (χ4n) is 3.21. The molecule has 0 saturated carbocycles. The van der Waals surface area contributed by atoms with Crippen LogP contribution in [0.3, 0.4) is 0 Å². The van der Waals surface area contributed by atoms with Gasteiger partial charge in [-0.1, -0.05) is 0 Å². The molecule has 4 rings (SSSR count). The molecule has 0 spiro atoms. The van der Waals surface area contributed by atoms with Crippen LogP contribution >= 0.6 is 11.6 Å². The van der Waals surface area contributed by atoms with E-state index in [2.05, 4.69) is 15.0 Å². The van der Waals surface area contributed by atoms with Gasteiger partial charge in [-0.05, 0) is 23.7 Å². The van der Waals surface area contributed by atoms with E-state index >= 15 is 4.39 Å². The highest BCUT2D eigenvalue weighted by atomic mass is 35.5. The highest BCUT2D eigenvalue weighted by molar-refractivity contribution is 6.28. The lowest BCUT2D eigenvalue weighted by Gasteiger charge is -2.18. The average molecular weight is 453 g/mol. The van der Waals surface area contributed by atoms with Gasteiger partial charge < -0.3 is 20.3 Å². The number of aromatic nitrogens is 4. The number of non-ortho nitro benzene ring substituents is 1. The molecule has 3 aromatic rings. The van der Waals surface area contributed by atoms with Gasteiger partial charge in [0.2, 0.25) is 5.28 Å². The first kappa shape index (κ1) is 20.8. The Morgan fingerprint density at radius 1 is 1.39 bits per heavy atom. The van der Waals surface area contributed by atoms with Gasteiger partial charge in [0.1, 0.15) is 11.6 Å². The van der Waals surface area contributed by atoms with Gasteiger partial charge in [-0.3, -0.25) is 14.7 Å². The monoisotopic (exact) mass is 452 g/mol. The Kier molecular flexibility index (Phi) is 5.39. The number of carbonyl (C=O) groups is 1. The van der Waals surface area contributed by atoms with Crippen molar-refractivity contribution in [3.63, 3.8) is 0 Å². The zero-order chi connectivity index (χ0) is 22.3. The Hall–Kier alpha value is -3.42. The lowest BCUT2D eigenvalue weighted by atomic mass is 10.1. The van der Waals surface area contributed by atoms with Crippen molar-refractivity contribution in [1.82, 2.24) is 19.5 Å². The molecule has 3 N–H and O–H groups in total. The predicted molar refractivity (Wildman–Crippen MR) is 103 cm³/mol. The zero-order valence-electron chi connectivity index (χ0n) is 15.5. The minimum Gasteiger partial charge on any atom is -0.453 e. The Morgan fingerprint density at radius 2 is 2.10 bits per heavy atom. The molecule has 1 saturated heterocycles. The normalized spacial score (nSPS) is 23.2. The lowest BCUT2D eigenvalue weighted by molar-refractivity contribution is -0.384. The van der Waals surface area contributed by atoms with Crippen LogP contribution in [-0.4, -0.2) is 60.5 Å². The summed E-state index contributed by atoms with van der Waals surface area (Å²) >= 11 is 5.82. The van der Waals surface area contributed by atoms with E-state index in [-0.39, 0.29) is 33.5 Å². The number of hydrogen-bond acceptors (Lipinski definition) is 10. The number of alkyl halides is 1. The summed E-state index contributed by atoms with van der Waals surface area (Å²) in [6.45, 7) is -0.639. The number of ether oxygens (including phenoxy) is 2. The van der Waals surface area contributed by atoms with Crippen molar-refractivity contribution in [3.8, 4) is 0 Å². The maximum absolute atomic E-state index is 15.3. The van der Waals surface area contributed by atoms with Crippen molar-refractivity contribution in [2.75, 3.05) is 12.3 Å². The number of rotatable bonds is 5. The summed E-state index contributed by atoms with van der Waals surface area (Å²) in [5, 5.41) is 20.2. The summed E-state index contributed by atoms with van der Waals surface area (Å²) in [7, 11) is 0. The highest BCUT2D eigenvalue weighted by Gasteiger charge is 2.49. The number of carbonyl (C=O) groups excluding carboxylic acids is 1. The summed E-state index contributed by atoms with van der Waals surface area (Å²) in [6, 6.07) is 4.60. The SMILES string of the molecule is Nc1nc(Cl)nc2c1ncn2C1O[C@H](CO)[C@H](OC(=O)c2ccc([N+](=O)[O-])cc2)[C@@H]1F. The van der Waals surface area contributed by atoms with E-state index in [0.717, 1.165) is 12.1 Å². The Balaban J connectivity index is 1.59. The summed E-state index contributed by atoms with van der Waals surface area (Å²) < 4.78 is 27.2. The number of benzene rings is 1. The molecule has 0 aliphatic carbocycles. The number of halogens is 2. The third kappa shape index (κ3) is 3.73. The van der Waals surface area contributed by atoms with Crippen LogP contribution < -0.4 is 5.73 Å². The van der Waals surface area contributed by atoms with Gasteiger partial charge in [0.05, 0.1) is 23.4 Å². The van der Waals surface area contributed by atoms with Gasteiger partial charge in [0.25, 0.3) is 5.69 Å². The van der Waals surface area contributed by atoms with Gasteiger partial charge >= 0.3 is 5.97 Å². The van der Waals surface area contributed by atoms with Crippen LogP contribution in [0, 0.1) is 10.1 Å². The minimum atomic E-state index is -1.91. The average Bonchev–Trinajstić information content (AvgIpc) is 3.29. The molecule has 0 radical (unpaired) electrons. The van der Waals surface area contributed by atoms with Crippen molar-refractivity contribution in [1.29, 1.82) is 0 Å². The summed E-state index contributed by atoms with van der Waals surface area (Å²) in [5.41, 5.74) is 5.77. The number of nitro groups is 1. The van der Waals surface area contributed by atoms with Crippen LogP contribution in [0.2, 0.25) is 5.28 Å². The third-order valence-corrected chi connectivity index (χ3v) is 4.87. The van der Waals surface area contributed by atoms with E-state index < -0.39 is 42.1 Å². The smallest absolute Gasteiger partial charge is 0.338 e. The number of esters is 1. The molecule has 4 atom stereocenters. The molecule has 1 fully saturated rings. The largest absolute Gasteiger partial charge is 0.453 e. The van der Waals surface area contributed by atoms with E-state index in [1.165, 1.54) is 23.0 Å². The first-order valence-corrected chi connectivity index (χ1v) is 9.19. The van der Waals surface area contributed by atoms with Gasteiger partial charge in [-0.15, -0.1) is 0 Å². The first-order chi connectivity index (χ1) is 14.8. The number of fused-ring (bicyclic) bond motifs is 1. The number of anilines is 1. The molecule has 1 aromatic carbocycles. The predicted octanol–water partition coefficient (Wildman–Crippen LogP) is 1.42. The van der Waals surface area contributed by atoms with Crippen molar-refractivity contribution in [2.45, 2.75) is 24.6 Å². The number of nitrogens with zero attached hydrogens (tertiary/aromatic N) is 5. The van der Waals surface area contributed by atoms with Crippen molar-refractivity contribution in [3.05, 3.63) is 51.6 Å². The Bertz CT molecular complexity index is 1160. The molecule has 1 aliphatic heterocycles. The second-order valence-corrected chi connectivity index (χ2v) is 6.91. The number of nitrogen functional groups attached to an aromatic ring is 1. The number of aliphatic hydroxyl groups is 1. The summed E-state index contributed by atoms with van der Waals surface area (Å²) in [5.74, 6) is -0.947. The van der Waals surface area contributed by atoms with Gasteiger partial charge in [0.15, 0.2) is 30.0 Å². The minimum absolute atomic E-state index is 0.0120. The molecular weight excluding hydrogens is 439 g/mol. The number of aliphatic hydroxyl groups excluding tert-OH is 1. The van der Waals surface area contributed by atoms with Crippen molar-refractivity contribution < 1.29 is 28.7 Å². The molecule has 1 aliphatic rings. The third-order valence-electron chi connectivity index (χ3n) is 4.70. The van der Waals surface area contributed by atoms with Gasteiger partial charge in [-0.2, -0.15) is 9.97 Å². The Labute approximate surface area is 177 Å². The van der Waals surface area contributed by atoms with Crippen LogP contribution in [-0.2, 0) is 9.47 Å². The van der Waals surface area contributed by atoms with Crippen molar-refractivity contribution in [2.24, 2.45) is 0 Å². The quantitative estimate of drug-likeness (QED) is 0.250. The maximum Gasteiger partial charge on any atom is 0.338 e. The molecule has 12 nitrogen and oxygen atoms in total. The van der Waals surface area contributed by atoms with E-state index in [0.29, 0.717) is 0 Å². The molecule has 3 heterocycles. The number of imidazole rings is 1. The molecule has 31 heavy (non-hydrogen) atoms. The molecule has 1 unspecified atom stereocenters. The topological polar surface area (TPSA) is 169 Å². The van der Waals surface area contributed by atoms with Crippen LogP contribution in [0.1, 0.15) is 16.6 Å². The fourth-order valence-corrected chi connectivity index (χ4v) is 3.38. The molecule has 162 valence electrons. The number of nitro benzene ring substituents is 1. The summed E-state index contributed by atoms with van der Waals surface area (Å²) in [4.78, 5) is 34.3. The first-order valence-electron chi connectivity index (χ1n) is 8.81. The fraction of sp³-hybridized carbons (Fsp3) is 0.294. The molecule has 14 heteroatoms. The standard InChI is InChI=1S/C17H14ClFN6O6/c18-17-22-13(20)11-14(23-17)24(6-21-11)15-10(19)12(9(5-26)30-15)31-16(27)7-1-3-8(4-2-7)25(28)29/h1-4,6,9-10,12,15,26H,5H2,(H2,20,22,23)/t9-,10+,12+,15?/m1/s1. The molecular formula is C17H14ClFN6O6. The highest BCUT2D eigenvalue weighted by Crippen LogP contribution is 2.36. The van der Waals surface area contributed by atoms with Crippen molar-refractivity contribution >= 4 is 40.2 Å². The van der Waals surface area contributed by atoms with Crippen LogP contribution in [0.15, 0.2) is 30.6 Å². The maximum atomic E-state index is 15.3. The van der Waals surface area contributed by atoms with E-state index in [1.807, 2.05) is 0 Å². The second kappa shape index (κ2) is 8.02. The Morgan fingerprint density at radius 3 is 2.74 bits per heavy atom. The van der Waals surface area contributed by atoms with Gasteiger partial charge in [-0.25, -0.2) is 14.2 Å².